The molecular formula is C12H24O. The van der Waals surface area contributed by atoms with Gasteiger partial charge in [-0.25, -0.2) is 0 Å². The molecule has 2 unspecified atom stereocenters. The summed E-state index contributed by atoms with van der Waals surface area (Å²) in [4.78, 5) is 0. The van der Waals surface area contributed by atoms with Gasteiger partial charge in [0.05, 0.1) is 5.60 Å². The van der Waals surface area contributed by atoms with E-state index in [9.17, 15) is 5.11 Å². The smallest absolute Gasteiger partial charge is 0.0822 e. The molecule has 0 fully saturated rings. The summed E-state index contributed by atoms with van der Waals surface area (Å²) in [5.41, 5.74) is -0.618. The van der Waals surface area contributed by atoms with Gasteiger partial charge in [0.2, 0.25) is 0 Å². The van der Waals surface area contributed by atoms with Gasteiger partial charge in [-0.15, -0.1) is 6.58 Å². The Labute approximate surface area is 82.9 Å². The predicted octanol–water partition coefficient (Wildman–Crippen LogP) is 3.53. The molecule has 78 valence electrons. The molecule has 0 heterocycles. The van der Waals surface area contributed by atoms with Crippen LogP contribution in [0.25, 0.3) is 0 Å². The van der Waals surface area contributed by atoms with Gasteiger partial charge in [0.25, 0.3) is 0 Å². The lowest BCUT2D eigenvalue weighted by molar-refractivity contribution is 0.0737. The van der Waals surface area contributed by atoms with E-state index < -0.39 is 5.60 Å². The first-order valence-electron chi connectivity index (χ1n) is 5.44. The van der Waals surface area contributed by atoms with Gasteiger partial charge in [-0.1, -0.05) is 39.7 Å². The van der Waals surface area contributed by atoms with Crippen molar-refractivity contribution in [1.29, 1.82) is 0 Å². The standard InChI is InChI=1S/C12H24O/c1-5-11(4)9-8-10-12(13,6-2)7-3/h6,11,13H,2,5,7-10H2,1,3-4H3. The van der Waals surface area contributed by atoms with Crippen molar-refractivity contribution in [3.05, 3.63) is 12.7 Å². The fourth-order valence-corrected chi connectivity index (χ4v) is 1.38. The Morgan fingerprint density at radius 1 is 1.46 bits per heavy atom. The number of hydrogen-bond acceptors (Lipinski definition) is 1. The number of rotatable bonds is 7. The van der Waals surface area contributed by atoms with E-state index in [1.807, 2.05) is 6.92 Å². The Balaban J connectivity index is 3.67. The molecule has 0 bridgehead atoms. The van der Waals surface area contributed by atoms with E-state index in [4.69, 9.17) is 0 Å². The zero-order valence-electron chi connectivity index (χ0n) is 9.34. The molecule has 1 nitrogen and oxygen atoms in total. The molecule has 13 heavy (non-hydrogen) atoms. The summed E-state index contributed by atoms with van der Waals surface area (Å²) in [6.07, 6.45) is 6.87. The lowest BCUT2D eigenvalue weighted by Gasteiger charge is -2.22. The third-order valence-corrected chi connectivity index (χ3v) is 3.00. The normalized spacial score (nSPS) is 17.8. The first kappa shape index (κ1) is 12.7. The van der Waals surface area contributed by atoms with Crippen molar-refractivity contribution >= 4 is 0 Å². The van der Waals surface area contributed by atoms with Gasteiger partial charge in [-0.05, 0) is 25.2 Å². The van der Waals surface area contributed by atoms with Crippen LogP contribution >= 0.6 is 0 Å². The molecule has 0 amide bonds. The maximum absolute atomic E-state index is 9.90. The first-order valence-corrected chi connectivity index (χ1v) is 5.44. The van der Waals surface area contributed by atoms with Crippen LogP contribution in [0, 0.1) is 5.92 Å². The van der Waals surface area contributed by atoms with Gasteiger partial charge < -0.3 is 5.11 Å². The second-order valence-corrected chi connectivity index (χ2v) is 4.07. The summed E-state index contributed by atoms with van der Waals surface area (Å²) in [5, 5.41) is 9.90. The summed E-state index contributed by atoms with van der Waals surface area (Å²) < 4.78 is 0. The van der Waals surface area contributed by atoms with E-state index in [0.717, 1.165) is 25.2 Å². The minimum Gasteiger partial charge on any atom is -0.386 e. The molecule has 0 aliphatic rings. The van der Waals surface area contributed by atoms with Crippen molar-refractivity contribution in [3.63, 3.8) is 0 Å². The van der Waals surface area contributed by atoms with Crippen LogP contribution in [0.1, 0.15) is 52.9 Å². The lowest BCUT2D eigenvalue weighted by Crippen LogP contribution is -2.24. The molecule has 0 aliphatic carbocycles. The van der Waals surface area contributed by atoms with Gasteiger partial charge >= 0.3 is 0 Å². The second kappa shape index (κ2) is 6.20. The van der Waals surface area contributed by atoms with Gasteiger partial charge in [-0.3, -0.25) is 0 Å². The minimum absolute atomic E-state index is 0.618. The van der Waals surface area contributed by atoms with Gasteiger partial charge in [0, 0.05) is 0 Å². The quantitative estimate of drug-likeness (QED) is 0.600. The van der Waals surface area contributed by atoms with Crippen LogP contribution in [0.4, 0.5) is 0 Å². The summed E-state index contributed by atoms with van der Waals surface area (Å²) in [5.74, 6) is 0.783. The topological polar surface area (TPSA) is 20.2 Å². The highest BCUT2D eigenvalue weighted by Gasteiger charge is 2.19. The second-order valence-electron chi connectivity index (χ2n) is 4.07. The van der Waals surface area contributed by atoms with Crippen LogP contribution < -0.4 is 0 Å². The van der Waals surface area contributed by atoms with Gasteiger partial charge in [0.15, 0.2) is 0 Å². The Morgan fingerprint density at radius 2 is 2.08 bits per heavy atom. The fourth-order valence-electron chi connectivity index (χ4n) is 1.38. The summed E-state index contributed by atoms with van der Waals surface area (Å²) in [6.45, 7) is 10.2. The van der Waals surface area contributed by atoms with E-state index >= 15 is 0 Å². The Kier molecular flexibility index (Phi) is 6.06. The maximum Gasteiger partial charge on any atom is 0.0822 e. The average molecular weight is 184 g/mol. The average Bonchev–Trinajstić information content (AvgIpc) is 2.17. The SMILES string of the molecule is C=CC(O)(CC)CCCC(C)CC. The zero-order valence-corrected chi connectivity index (χ0v) is 9.34. The molecular weight excluding hydrogens is 160 g/mol. The van der Waals surface area contributed by atoms with Crippen LogP contribution in [0.15, 0.2) is 12.7 Å². The minimum atomic E-state index is -0.618. The Bertz CT molecular complexity index is 142. The van der Waals surface area contributed by atoms with Crippen LogP contribution in [0.3, 0.4) is 0 Å². The summed E-state index contributed by atoms with van der Waals surface area (Å²) in [7, 11) is 0. The highest BCUT2D eigenvalue weighted by atomic mass is 16.3. The number of aliphatic hydroxyl groups is 1. The molecule has 0 aromatic rings. The van der Waals surface area contributed by atoms with E-state index in [1.54, 1.807) is 6.08 Å². The van der Waals surface area contributed by atoms with Crippen molar-refractivity contribution in [3.8, 4) is 0 Å². The molecule has 0 aliphatic heterocycles. The zero-order chi connectivity index (χ0) is 10.3. The molecule has 2 atom stereocenters. The number of hydrogen-bond donors (Lipinski definition) is 1. The Morgan fingerprint density at radius 3 is 2.46 bits per heavy atom. The van der Waals surface area contributed by atoms with Gasteiger partial charge in [0.1, 0.15) is 0 Å². The Hall–Kier alpha value is -0.300. The fraction of sp³-hybridized carbons (Fsp3) is 0.833. The van der Waals surface area contributed by atoms with Crippen LogP contribution in [-0.4, -0.2) is 10.7 Å². The van der Waals surface area contributed by atoms with Crippen molar-refractivity contribution in [2.75, 3.05) is 0 Å². The maximum atomic E-state index is 9.90. The molecule has 1 N–H and O–H groups in total. The first-order chi connectivity index (χ1) is 6.08. The molecule has 0 aromatic heterocycles. The van der Waals surface area contributed by atoms with E-state index in [-0.39, 0.29) is 0 Å². The van der Waals surface area contributed by atoms with Crippen LogP contribution in [0.5, 0.6) is 0 Å². The monoisotopic (exact) mass is 184 g/mol. The van der Waals surface area contributed by atoms with Gasteiger partial charge in [-0.2, -0.15) is 0 Å². The van der Waals surface area contributed by atoms with Crippen molar-refractivity contribution in [2.45, 2.75) is 58.5 Å². The van der Waals surface area contributed by atoms with E-state index in [2.05, 4.69) is 20.4 Å². The van der Waals surface area contributed by atoms with Crippen LogP contribution in [0.2, 0.25) is 0 Å². The van der Waals surface area contributed by atoms with E-state index in [0.29, 0.717) is 0 Å². The lowest BCUT2D eigenvalue weighted by atomic mass is 9.91. The molecule has 0 rings (SSSR count). The predicted molar refractivity (Wildman–Crippen MR) is 58.7 cm³/mol. The van der Waals surface area contributed by atoms with E-state index in [1.165, 1.54) is 12.8 Å². The summed E-state index contributed by atoms with van der Waals surface area (Å²) >= 11 is 0. The molecule has 1 heteroatoms. The third kappa shape index (κ3) is 5.09. The summed E-state index contributed by atoms with van der Waals surface area (Å²) in [6, 6.07) is 0. The molecule has 0 radical (unpaired) electrons. The van der Waals surface area contributed by atoms with Crippen molar-refractivity contribution < 1.29 is 5.11 Å². The molecule has 0 saturated carbocycles. The largest absolute Gasteiger partial charge is 0.386 e. The van der Waals surface area contributed by atoms with Crippen molar-refractivity contribution in [2.24, 2.45) is 5.92 Å². The molecule has 0 saturated heterocycles. The third-order valence-electron chi connectivity index (χ3n) is 3.00. The van der Waals surface area contributed by atoms with Crippen LogP contribution in [-0.2, 0) is 0 Å². The molecule has 0 aromatic carbocycles. The van der Waals surface area contributed by atoms with Crippen molar-refractivity contribution in [1.82, 2.24) is 0 Å². The highest BCUT2D eigenvalue weighted by molar-refractivity contribution is 4.94. The highest BCUT2D eigenvalue weighted by Crippen LogP contribution is 2.21. The molecule has 0 spiro atoms.